The number of hydrogen-bond acceptors (Lipinski definition) is 3. The molecule has 0 fully saturated rings. The molecule has 39 heavy (non-hydrogen) atoms. The summed E-state index contributed by atoms with van der Waals surface area (Å²) in [5.74, 6) is 0.120. The lowest BCUT2D eigenvalue weighted by molar-refractivity contribution is -0.144. The fourth-order valence-electron chi connectivity index (χ4n) is 3.84. The zero-order chi connectivity index (χ0) is 28.0. The van der Waals surface area contributed by atoms with Gasteiger partial charge in [0, 0.05) is 15.1 Å². The van der Waals surface area contributed by atoms with Crippen LogP contribution >= 0.6 is 27.7 Å². The van der Waals surface area contributed by atoms with Gasteiger partial charge >= 0.3 is 12.1 Å². The van der Waals surface area contributed by atoms with E-state index in [0.717, 1.165) is 38.2 Å². The SMILES string of the molecule is CC(Oc1ccc(SCC=C(c2ccc(Br)cc2)c2ccc(-c3cccc(C(F)(F)F)c3)cc2)cc1)C(=O)O. The summed E-state index contributed by atoms with van der Waals surface area (Å²) in [5.41, 5.74) is 3.49. The molecule has 4 aromatic carbocycles. The maximum Gasteiger partial charge on any atom is 0.416 e. The Morgan fingerprint density at radius 3 is 2.13 bits per heavy atom. The summed E-state index contributed by atoms with van der Waals surface area (Å²) >= 11 is 5.09. The number of benzene rings is 4. The van der Waals surface area contributed by atoms with Crippen molar-refractivity contribution >= 4 is 39.2 Å². The van der Waals surface area contributed by atoms with Crippen molar-refractivity contribution < 1.29 is 27.8 Å². The van der Waals surface area contributed by atoms with Crippen LogP contribution in [0, 0.1) is 0 Å². The van der Waals surface area contributed by atoms with Gasteiger partial charge in [-0.05, 0) is 83.3 Å². The lowest BCUT2D eigenvalue weighted by atomic mass is 9.95. The number of halogens is 4. The van der Waals surface area contributed by atoms with Gasteiger partial charge in [0.1, 0.15) is 5.75 Å². The Bertz CT molecular complexity index is 1450. The van der Waals surface area contributed by atoms with E-state index >= 15 is 0 Å². The van der Waals surface area contributed by atoms with Crippen molar-refractivity contribution in [2.75, 3.05) is 5.75 Å². The molecule has 0 saturated carbocycles. The first kappa shape index (κ1) is 28.5. The van der Waals surface area contributed by atoms with E-state index in [-0.39, 0.29) is 0 Å². The van der Waals surface area contributed by atoms with Gasteiger partial charge in [0.05, 0.1) is 5.56 Å². The number of carboxylic acids is 1. The second-order valence-electron chi connectivity index (χ2n) is 8.66. The Morgan fingerprint density at radius 2 is 1.54 bits per heavy atom. The molecule has 0 aliphatic carbocycles. The van der Waals surface area contributed by atoms with Gasteiger partial charge in [0.2, 0.25) is 0 Å². The number of ether oxygens (including phenoxy) is 1. The third kappa shape index (κ3) is 7.77. The lowest BCUT2D eigenvalue weighted by Gasteiger charge is -2.12. The molecule has 0 aromatic heterocycles. The first-order chi connectivity index (χ1) is 18.6. The molecule has 0 bridgehead atoms. The predicted octanol–water partition coefficient (Wildman–Crippen LogP) is 9.21. The maximum absolute atomic E-state index is 13.2. The van der Waals surface area contributed by atoms with Crippen LogP contribution < -0.4 is 4.74 Å². The average Bonchev–Trinajstić information content (AvgIpc) is 2.92. The number of carbonyl (C=O) groups is 1. The summed E-state index contributed by atoms with van der Waals surface area (Å²) in [7, 11) is 0. The monoisotopic (exact) mass is 612 g/mol. The second-order valence-corrected chi connectivity index (χ2v) is 10.7. The molecule has 1 unspecified atom stereocenters. The molecule has 3 nitrogen and oxygen atoms in total. The number of alkyl halides is 3. The zero-order valence-electron chi connectivity index (χ0n) is 20.8. The molecule has 0 heterocycles. The summed E-state index contributed by atoms with van der Waals surface area (Å²) in [6, 6.07) is 28.0. The highest BCUT2D eigenvalue weighted by Gasteiger charge is 2.30. The minimum absolute atomic E-state index is 0.487. The summed E-state index contributed by atoms with van der Waals surface area (Å²) in [6.45, 7) is 1.48. The Balaban J connectivity index is 1.54. The maximum atomic E-state index is 13.2. The number of aliphatic carboxylic acids is 1. The third-order valence-corrected chi connectivity index (χ3v) is 7.36. The van der Waals surface area contributed by atoms with Crippen LogP contribution in [0.25, 0.3) is 16.7 Å². The molecule has 0 aliphatic rings. The molecular formula is C31H24BrF3O3S. The van der Waals surface area contributed by atoms with Crippen molar-refractivity contribution in [3.05, 3.63) is 124 Å². The Labute approximate surface area is 237 Å². The van der Waals surface area contributed by atoms with Crippen LogP contribution in [0.2, 0.25) is 0 Å². The van der Waals surface area contributed by atoms with Crippen molar-refractivity contribution in [3.8, 4) is 16.9 Å². The van der Waals surface area contributed by atoms with Gasteiger partial charge in [0.15, 0.2) is 6.10 Å². The van der Waals surface area contributed by atoms with Gasteiger partial charge in [-0.1, -0.05) is 70.5 Å². The Kier molecular flexibility index (Phi) is 9.20. The smallest absolute Gasteiger partial charge is 0.416 e. The van der Waals surface area contributed by atoms with Crippen LogP contribution in [0.3, 0.4) is 0 Å². The topological polar surface area (TPSA) is 46.5 Å². The minimum Gasteiger partial charge on any atom is -0.479 e. The average molecular weight is 613 g/mol. The van der Waals surface area contributed by atoms with Crippen molar-refractivity contribution in [2.45, 2.75) is 24.1 Å². The van der Waals surface area contributed by atoms with Gasteiger partial charge in [-0.2, -0.15) is 13.2 Å². The van der Waals surface area contributed by atoms with E-state index in [1.54, 1.807) is 30.0 Å². The molecule has 0 radical (unpaired) electrons. The molecule has 1 N–H and O–H groups in total. The van der Waals surface area contributed by atoms with E-state index in [1.807, 2.05) is 60.7 Å². The van der Waals surface area contributed by atoms with E-state index in [9.17, 15) is 18.0 Å². The minimum atomic E-state index is -4.39. The Hall–Kier alpha value is -3.49. The lowest BCUT2D eigenvalue weighted by Crippen LogP contribution is -2.22. The fraction of sp³-hybridized carbons (Fsp3) is 0.129. The molecule has 0 spiro atoms. The van der Waals surface area contributed by atoms with Crippen LogP contribution in [0.5, 0.6) is 5.75 Å². The van der Waals surface area contributed by atoms with Gasteiger partial charge < -0.3 is 9.84 Å². The number of rotatable bonds is 9. The predicted molar refractivity (Wildman–Crippen MR) is 153 cm³/mol. The van der Waals surface area contributed by atoms with Crippen LogP contribution in [-0.4, -0.2) is 22.9 Å². The van der Waals surface area contributed by atoms with Crippen molar-refractivity contribution in [1.29, 1.82) is 0 Å². The molecule has 4 rings (SSSR count). The summed E-state index contributed by atoms with van der Waals surface area (Å²) in [6.07, 6.45) is -3.21. The van der Waals surface area contributed by atoms with Crippen LogP contribution in [-0.2, 0) is 11.0 Å². The normalized spacial score (nSPS) is 12.7. The van der Waals surface area contributed by atoms with Crippen LogP contribution in [0.4, 0.5) is 13.2 Å². The van der Waals surface area contributed by atoms with E-state index in [2.05, 4.69) is 22.0 Å². The van der Waals surface area contributed by atoms with E-state index in [1.165, 1.54) is 13.0 Å². The van der Waals surface area contributed by atoms with Crippen molar-refractivity contribution in [1.82, 2.24) is 0 Å². The number of carboxylic acid groups (broad SMARTS) is 1. The highest BCUT2D eigenvalue weighted by Crippen LogP contribution is 2.33. The third-order valence-electron chi connectivity index (χ3n) is 5.90. The molecule has 8 heteroatoms. The Morgan fingerprint density at radius 1 is 0.923 bits per heavy atom. The van der Waals surface area contributed by atoms with Crippen molar-refractivity contribution in [2.24, 2.45) is 0 Å². The van der Waals surface area contributed by atoms with E-state index in [0.29, 0.717) is 22.6 Å². The summed E-state index contributed by atoms with van der Waals surface area (Å²) in [4.78, 5) is 12.0. The van der Waals surface area contributed by atoms with E-state index in [4.69, 9.17) is 9.84 Å². The largest absolute Gasteiger partial charge is 0.479 e. The zero-order valence-corrected chi connectivity index (χ0v) is 23.2. The first-order valence-corrected chi connectivity index (χ1v) is 13.7. The van der Waals surface area contributed by atoms with Crippen LogP contribution in [0.15, 0.2) is 113 Å². The first-order valence-electron chi connectivity index (χ1n) is 12.0. The number of thioether (sulfide) groups is 1. The van der Waals surface area contributed by atoms with Crippen molar-refractivity contribution in [3.63, 3.8) is 0 Å². The molecule has 200 valence electrons. The molecule has 0 saturated heterocycles. The molecule has 0 aliphatic heterocycles. The van der Waals surface area contributed by atoms with Gasteiger partial charge in [0.25, 0.3) is 0 Å². The quantitative estimate of drug-likeness (QED) is 0.191. The van der Waals surface area contributed by atoms with Gasteiger partial charge in [-0.25, -0.2) is 4.79 Å². The highest BCUT2D eigenvalue weighted by atomic mass is 79.9. The standard InChI is InChI=1S/C31H24BrF3O3S/c1-20(30(36)37)38-27-13-15-28(16-14-27)39-18-17-29(23-9-11-26(32)12-10-23)22-7-5-21(6-8-22)24-3-2-4-25(19-24)31(33,34)35/h2-17,19-20H,18H2,1H3,(H,36,37). The summed E-state index contributed by atoms with van der Waals surface area (Å²) < 4.78 is 45.8. The fourth-order valence-corrected chi connectivity index (χ4v) is 4.87. The van der Waals surface area contributed by atoms with Gasteiger partial charge in [-0.3, -0.25) is 0 Å². The molecule has 0 amide bonds. The molecular weight excluding hydrogens is 589 g/mol. The highest BCUT2D eigenvalue weighted by molar-refractivity contribution is 9.10. The summed E-state index contributed by atoms with van der Waals surface area (Å²) in [5, 5.41) is 9.00. The molecule has 1 atom stereocenters. The van der Waals surface area contributed by atoms with Gasteiger partial charge in [-0.15, -0.1) is 11.8 Å². The van der Waals surface area contributed by atoms with Crippen LogP contribution in [0.1, 0.15) is 23.6 Å². The second kappa shape index (κ2) is 12.6. The molecule has 4 aromatic rings. The van der Waals surface area contributed by atoms with E-state index < -0.39 is 23.8 Å². The number of hydrogen-bond donors (Lipinski definition) is 1.